The third kappa shape index (κ3) is 5.34. The van der Waals surface area contributed by atoms with Crippen molar-refractivity contribution in [3.8, 4) is 23.2 Å². The molecule has 0 spiro atoms. The number of benzene rings is 3. The predicted octanol–water partition coefficient (Wildman–Crippen LogP) is 4.26. The van der Waals surface area contributed by atoms with Gasteiger partial charge in [-0.25, -0.2) is 9.97 Å². The molecule has 11 heteroatoms. The maximum atomic E-state index is 13.7. The number of aromatic hydroxyl groups is 1. The summed E-state index contributed by atoms with van der Waals surface area (Å²) < 4.78 is 1.77. The lowest BCUT2D eigenvalue weighted by atomic mass is 10.1. The summed E-state index contributed by atoms with van der Waals surface area (Å²) in [5, 5.41) is 29.4. The molecule has 2 aromatic heterocycles. The van der Waals surface area contributed by atoms with Gasteiger partial charge in [0.25, 0.3) is 5.91 Å². The van der Waals surface area contributed by atoms with Crippen molar-refractivity contribution in [2.45, 2.75) is 12.5 Å². The largest absolute Gasteiger partial charge is 0.508 e. The summed E-state index contributed by atoms with van der Waals surface area (Å²) in [5.41, 5.74) is 2.22. The summed E-state index contributed by atoms with van der Waals surface area (Å²) in [6.45, 7) is 4.75. The summed E-state index contributed by atoms with van der Waals surface area (Å²) in [5.74, 6) is 0.161. The average molecular weight is 573 g/mol. The highest BCUT2D eigenvalue weighted by molar-refractivity contribution is 6.09. The fourth-order valence-corrected chi connectivity index (χ4v) is 5.48. The molecule has 1 saturated heterocycles. The Labute approximate surface area is 247 Å². The van der Waals surface area contributed by atoms with Crippen LogP contribution >= 0.6 is 0 Å². The van der Waals surface area contributed by atoms with Gasteiger partial charge >= 0.3 is 0 Å². The van der Waals surface area contributed by atoms with Gasteiger partial charge in [-0.2, -0.15) is 10.4 Å². The van der Waals surface area contributed by atoms with Gasteiger partial charge in [0.05, 0.1) is 35.9 Å². The fourth-order valence-electron chi connectivity index (χ4n) is 5.48. The molecule has 5 aromatic rings. The third-order valence-corrected chi connectivity index (χ3v) is 7.64. The van der Waals surface area contributed by atoms with Gasteiger partial charge in [0.15, 0.2) is 5.82 Å². The van der Waals surface area contributed by atoms with Crippen LogP contribution in [0.5, 0.6) is 5.75 Å². The number of anilines is 2. The van der Waals surface area contributed by atoms with Crippen molar-refractivity contribution in [1.29, 1.82) is 5.26 Å². The van der Waals surface area contributed by atoms with Crippen LogP contribution in [0.3, 0.4) is 0 Å². The average Bonchev–Trinajstić information content (AvgIpc) is 3.40. The highest BCUT2D eigenvalue weighted by atomic mass is 16.3. The van der Waals surface area contributed by atoms with E-state index in [2.05, 4.69) is 28.0 Å². The highest BCUT2D eigenvalue weighted by Crippen LogP contribution is 2.30. The maximum Gasteiger partial charge on any atom is 0.274 e. The Bertz CT molecular complexity index is 1940. The third-order valence-electron chi connectivity index (χ3n) is 7.64. The molecule has 3 aromatic carbocycles. The first-order valence-electron chi connectivity index (χ1n) is 13.7. The Morgan fingerprint density at radius 1 is 1.12 bits per heavy atom. The number of amides is 2. The highest BCUT2D eigenvalue weighted by Gasteiger charge is 2.30. The Morgan fingerprint density at radius 3 is 2.77 bits per heavy atom. The number of carbonyl (C=O) groups excluding carboxylic acids is 2. The zero-order valence-electron chi connectivity index (χ0n) is 23.4. The number of phenolic OH excluding ortho intramolecular Hbond substituents is 1. The number of carbonyl (C=O) groups is 2. The summed E-state index contributed by atoms with van der Waals surface area (Å²) in [6.07, 6.45) is 3.15. The molecule has 1 aliphatic heterocycles. The van der Waals surface area contributed by atoms with Crippen molar-refractivity contribution in [3.63, 3.8) is 0 Å². The molecular formula is C32H28N8O3. The monoisotopic (exact) mass is 572 g/mol. The quantitative estimate of drug-likeness (QED) is 0.288. The van der Waals surface area contributed by atoms with E-state index in [1.54, 1.807) is 27.9 Å². The van der Waals surface area contributed by atoms with E-state index in [0.29, 0.717) is 42.5 Å². The van der Waals surface area contributed by atoms with E-state index < -0.39 is 5.91 Å². The molecule has 1 aliphatic rings. The molecular weight excluding hydrogens is 544 g/mol. The summed E-state index contributed by atoms with van der Waals surface area (Å²) in [7, 11) is 1.86. The molecule has 214 valence electrons. The van der Waals surface area contributed by atoms with Crippen molar-refractivity contribution in [2.75, 3.05) is 29.9 Å². The minimum Gasteiger partial charge on any atom is -0.508 e. The number of rotatable bonds is 6. The number of nitrogens with one attached hydrogen (secondary N) is 1. The van der Waals surface area contributed by atoms with Crippen LogP contribution in [0.15, 0.2) is 79.5 Å². The van der Waals surface area contributed by atoms with Gasteiger partial charge in [-0.05, 0) is 35.7 Å². The van der Waals surface area contributed by atoms with Gasteiger partial charge in [0, 0.05) is 55.2 Å². The van der Waals surface area contributed by atoms with E-state index in [9.17, 15) is 20.0 Å². The molecule has 0 saturated carbocycles. The van der Waals surface area contributed by atoms with Crippen LogP contribution in [0.2, 0.25) is 0 Å². The fraction of sp³-hybridized carbons (Fsp3) is 0.188. The van der Waals surface area contributed by atoms with Crippen LogP contribution in [0.1, 0.15) is 16.9 Å². The van der Waals surface area contributed by atoms with Crippen LogP contribution in [-0.2, 0) is 11.8 Å². The van der Waals surface area contributed by atoms with Gasteiger partial charge in [-0.15, -0.1) is 0 Å². The molecule has 3 heterocycles. The van der Waals surface area contributed by atoms with Crippen molar-refractivity contribution < 1.29 is 14.7 Å². The second kappa shape index (κ2) is 11.3. The van der Waals surface area contributed by atoms with E-state index in [4.69, 9.17) is 4.98 Å². The number of fused-ring (bicyclic) bond motifs is 2. The maximum absolute atomic E-state index is 13.7. The second-order valence-corrected chi connectivity index (χ2v) is 10.3. The summed E-state index contributed by atoms with van der Waals surface area (Å²) >= 11 is 0. The minimum absolute atomic E-state index is 0.0262. The van der Waals surface area contributed by atoms with Crippen LogP contribution < -0.4 is 10.2 Å². The Kier molecular flexibility index (Phi) is 7.17. The second-order valence-electron chi connectivity index (χ2n) is 10.3. The van der Waals surface area contributed by atoms with Gasteiger partial charge < -0.3 is 20.2 Å². The number of nitrogens with zero attached hydrogens (tertiary/aromatic N) is 7. The van der Waals surface area contributed by atoms with Gasteiger partial charge in [-0.3, -0.25) is 14.3 Å². The number of nitriles is 1. The van der Waals surface area contributed by atoms with E-state index >= 15 is 0 Å². The number of hydrogen-bond acceptors (Lipinski definition) is 8. The molecule has 0 bridgehead atoms. The lowest BCUT2D eigenvalue weighted by Gasteiger charge is -2.40. The van der Waals surface area contributed by atoms with Crippen LogP contribution in [0, 0.1) is 11.3 Å². The number of piperazine rings is 1. The molecule has 2 N–H and O–H groups in total. The zero-order valence-corrected chi connectivity index (χ0v) is 23.4. The lowest BCUT2D eigenvalue weighted by Crippen LogP contribution is -2.55. The number of aryl methyl sites for hydroxylation is 1. The molecule has 1 fully saturated rings. The Balaban J connectivity index is 1.41. The molecule has 0 unspecified atom stereocenters. The Hall–Kier alpha value is -5.76. The van der Waals surface area contributed by atoms with Crippen LogP contribution in [-0.4, -0.2) is 67.2 Å². The molecule has 43 heavy (non-hydrogen) atoms. The standard InChI is InChI=1S/C32H28N8O3/c1-3-30(42)40-13-12-39(19-23(40)10-11-33)29-17-27(32(43)36-26-16-24(41)15-20-6-4-5-7-25(20)26)35-31(37-29)21-8-9-28-22(14-21)18-34-38(28)2/h3-9,14-18,23,41H,1,10,12-13,19H2,2H3,(H,36,43)/t23-/m0/s1. The first-order valence-corrected chi connectivity index (χ1v) is 13.7. The van der Waals surface area contributed by atoms with Crippen molar-refractivity contribution in [1.82, 2.24) is 24.6 Å². The van der Waals surface area contributed by atoms with Crippen molar-refractivity contribution >= 4 is 45.0 Å². The molecule has 0 aliphatic carbocycles. The van der Waals surface area contributed by atoms with Gasteiger partial charge in [0.2, 0.25) is 5.91 Å². The smallest absolute Gasteiger partial charge is 0.274 e. The van der Waals surface area contributed by atoms with Crippen LogP contribution in [0.4, 0.5) is 11.5 Å². The molecule has 0 radical (unpaired) electrons. The number of hydrogen-bond donors (Lipinski definition) is 2. The summed E-state index contributed by atoms with van der Waals surface area (Å²) in [6, 6.07) is 19.7. The molecule has 1 atom stereocenters. The SMILES string of the molecule is C=CC(=O)N1CCN(c2cc(C(=O)Nc3cc(O)cc4ccccc34)nc(-c3ccc4c(cnn4C)c3)n2)C[C@@H]1CC#N. The van der Waals surface area contributed by atoms with E-state index in [1.165, 1.54) is 12.1 Å². The zero-order chi connectivity index (χ0) is 30.1. The minimum atomic E-state index is -0.475. The molecule has 11 nitrogen and oxygen atoms in total. The van der Waals surface area contributed by atoms with Gasteiger partial charge in [-0.1, -0.05) is 30.8 Å². The normalized spacial score (nSPS) is 14.9. The molecule has 2 amide bonds. The number of phenols is 1. The van der Waals surface area contributed by atoms with E-state index in [0.717, 1.165) is 21.7 Å². The predicted molar refractivity (Wildman–Crippen MR) is 163 cm³/mol. The van der Waals surface area contributed by atoms with Crippen molar-refractivity contribution in [3.05, 3.63) is 85.2 Å². The first-order chi connectivity index (χ1) is 20.8. The number of aromatic nitrogens is 4. The first kappa shape index (κ1) is 27.4. The van der Waals surface area contributed by atoms with Crippen molar-refractivity contribution in [2.24, 2.45) is 7.05 Å². The molecule has 6 rings (SSSR count). The lowest BCUT2D eigenvalue weighted by molar-refractivity contribution is -0.128. The Morgan fingerprint density at radius 2 is 1.95 bits per heavy atom. The van der Waals surface area contributed by atoms with E-state index in [1.807, 2.05) is 54.4 Å². The summed E-state index contributed by atoms with van der Waals surface area (Å²) in [4.78, 5) is 39.3. The van der Waals surface area contributed by atoms with Gasteiger partial charge in [0.1, 0.15) is 17.3 Å². The topological polar surface area (TPSA) is 140 Å². The van der Waals surface area contributed by atoms with Crippen LogP contribution in [0.25, 0.3) is 33.1 Å². The van der Waals surface area contributed by atoms with E-state index in [-0.39, 0.29) is 29.8 Å².